The molecule has 2 heterocycles. The van der Waals surface area contributed by atoms with Crippen LogP contribution in [0.25, 0.3) is 0 Å². The van der Waals surface area contributed by atoms with Gasteiger partial charge in [0.15, 0.2) is 0 Å². The summed E-state index contributed by atoms with van der Waals surface area (Å²) in [5, 5.41) is 0. The lowest BCUT2D eigenvalue weighted by Crippen LogP contribution is -2.16. The molecule has 0 fully saturated rings. The second-order valence-corrected chi connectivity index (χ2v) is 6.36. The number of H-pyrrole nitrogens is 1. The Kier molecular flexibility index (Phi) is 3.97. The molecule has 1 aliphatic rings. The van der Waals surface area contributed by atoms with Crippen molar-refractivity contribution in [3.8, 4) is 0 Å². The molecule has 0 amide bonds. The van der Waals surface area contributed by atoms with Gasteiger partial charge < -0.3 is 4.98 Å². The Hall–Kier alpha value is -0.420. The highest BCUT2D eigenvalue weighted by Gasteiger charge is 2.17. The fraction of sp³-hybridized carbons (Fsp3) is 0.636. The van der Waals surface area contributed by atoms with Crippen LogP contribution in [0.15, 0.2) is 4.79 Å². The minimum atomic E-state index is 0.0650. The van der Waals surface area contributed by atoms with Gasteiger partial charge >= 0.3 is 0 Å². The number of rotatable bonds is 4. The topological polar surface area (TPSA) is 45.8 Å². The first kappa shape index (κ1) is 12.0. The molecular formula is C11H16N2OS2. The van der Waals surface area contributed by atoms with E-state index < -0.39 is 0 Å². The average molecular weight is 256 g/mol. The van der Waals surface area contributed by atoms with Crippen LogP contribution in [-0.2, 0) is 17.3 Å². The Labute approximate surface area is 104 Å². The zero-order valence-corrected chi connectivity index (χ0v) is 11.2. The molecule has 0 spiro atoms. The Morgan fingerprint density at radius 1 is 1.50 bits per heavy atom. The van der Waals surface area contributed by atoms with Crippen molar-refractivity contribution in [2.45, 2.75) is 31.1 Å². The summed E-state index contributed by atoms with van der Waals surface area (Å²) in [6.45, 7) is 4.39. The van der Waals surface area contributed by atoms with Crippen LogP contribution in [-0.4, -0.2) is 15.7 Å². The van der Waals surface area contributed by atoms with Gasteiger partial charge in [0, 0.05) is 17.1 Å². The van der Waals surface area contributed by atoms with Crippen LogP contribution in [0.3, 0.4) is 0 Å². The average Bonchev–Trinajstić information content (AvgIpc) is 2.65. The van der Waals surface area contributed by atoms with Gasteiger partial charge in [0.1, 0.15) is 5.82 Å². The molecule has 0 aliphatic carbocycles. The van der Waals surface area contributed by atoms with Gasteiger partial charge in [0.2, 0.25) is 0 Å². The van der Waals surface area contributed by atoms with E-state index in [9.17, 15) is 4.79 Å². The minimum absolute atomic E-state index is 0.0650. The monoisotopic (exact) mass is 256 g/mol. The molecule has 1 aromatic heterocycles. The lowest BCUT2D eigenvalue weighted by molar-refractivity contribution is 0.749. The van der Waals surface area contributed by atoms with Gasteiger partial charge in [-0.05, 0) is 11.7 Å². The van der Waals surface area contributed by atoms with Gasteiger partial charge in [-0.15, -0.1) is 0 Å². The lowest BCUT2D eigenvalue weighted by Gasteiger charge is -2.05. The maximum Gasteiger partial charge on any atom is 0.255 e. The van der Waals surface area contributed by atoms with E-state index in [1.165, 1.54) is 0 Å². The smallest absolute Gasteiger partial charge is 0.255 e. The van der Waals surface area contributed by atoms with Gasteiger partial charge in [0.05, 0.1) is 11.4 Å². The lowest BCUT2D eigenvalue weighted by atomic mass is 10.3. The van der Waals surface area contributed by atoms with Crippen molar-refractivity contribution < 1.29 is 0 Å². The van der Waals surface area contributed by atoms with Crippen molar-refractivity contribution in [3.63, 3.8) is 0 Å². The third-order valence-corrected chi connectivity index (χ3v) is 4.68. The largest absolute Gasteiger partial charge is 0.310 e. The fourth-order valence-corrected chi connectivity index (χ4v) is 3.53. The molecule has 16 heavy (non-hydrogen) atoms. The van der Waals surface area contributed by atoms with Crippen LogP contribution in [0.5, 0.6) is 0 Å². The van der Waals surface area contributed by atoms with E-state index in [2.05, 4.69) is 23.8 Å². The predicted molar refractivity (Wildman–Crippen MR) is 70.9 cm³/mol. The molecule has 1 aromatic rings. The summed E-state index contributed by atoms with van der Waals surface area (Å²) in [7, 11) is 0. The third-order valence-electron chi connectivity index (χ3n) is 2.33. The number of aromatic nitrogens is 2. The minimum Gasteiger partial charge on any atom is -0.310 e. The molecule has 0 atom stereocenters. The maximum absolute atomic E-state index is 11.7. The predicted octanol–water partition coefficient (Wildman–Crippen LogP) is 2.41. The summed E-state index contributed by atoms with van der Waals surface area (Å²) >= 11 is 3.59. The molecule has 0 aromatic carbocycles. The fourth-order valence-electron chi connectivity index (χ4n) is 1.57. The van der Waals surface area contributed by atoms with E-state index in [0.717, 1.165) is 40.1 Å². The first-order chi connectivity index (χ1) is 7.66. The number of thioether (sulfide) groups is 2. The Morgan fingerprint density at radius 2 is 2.31 bits per heavy atom. The molecule has 5 heteroatoms. The van der Waals surface area contributed by atoms with Gasteiger partial charge in [-0.3, -0.25) is 4.79 Å². The number of fused-ring (bicyclic) bond motifs is 1. The molecule has 0 saturated carbocycles. The molecule has 1 aliphatic heterocycles. The molecule has 3 nitrogen and oxygen atoms in total. The highest BCUT2D eigenvalue weighted by molar-refractivity contribution is 7.98. The summed E-state index contributed by atoms with van der Waals surface area (Å²) < 4.78 is 0. The molecule has 1 N–H and O–H groups in total. The van der Waals surface area contributed by atoms with Crippen LogP contribution < -0.4 is 5.56 Å². The van der Waals surface area contributed by atoms with Crippen molar-refractivity contribution in [2.75, 3.05) is 5.75 Å². The maximum atomic E-state index is 11.7. The first-order valence-corrected chi connectivity index (χ1v) is 7.74. The van der Waals surface area contributed by atoms with Crippen LogP contribution in [0.1, 0.15) is 30.9 Å². The van der Waals surface area contributed by atoms with Crippen molar-refractivity contribution in [1.82, 2.24) is 9.97 Å². The van der Waals surface area contributed by atoms with Crippen molar-refractivity contribution >= 4 is 23.5 Å². The number of hydrogen-bond donors (Lipinski definition) is 1. The standard InChI is InChI=1S/C11H16N2OS2/c1-7(2)3-15-6-10-12-9-5-16-4-8(9)11(14)13-10/h7H,3-6H2,1-2H3,(H,12,13,14). The van der Waals surface area contributed by atoms with Crippen LogP contribution in [0, 0.1) is 5.92 Å². The number of aromatic amines is 1. The summed E-state index contributed by atoms with van der Waals surface area (Å²) in [6.07, 6.45) is 0. The number of nitrogens with zero attached hydrogens (tertiary/aromatic N) is 1. The zero-order chi connectivity index (χ0) is 11.5. The van der Waals surface area contributed by atoms with Gasteiger partial charge in [-0.2, -0.15) is 23.5 Å². The molecule has 0 saturated heterocycles. The van der Waals surface area contributed by atoms with E-state index in [0.29, 0.717) is 5.92 Å². The van der Waals surface area contributed by atoms with E-state index in [-0.39, 0.29) is 5.56 Å². The number of hydrogen-bond acceptors (Lipinski definition) is 4. The van der Waals surface area contributed by atoms with Crippen molar-refractivity contribution in [2.24, 2.45) is 5.92 Å². The second-order valence-electron chi connectivity index (χ2n) is 4.34. The molecule has 88 valence electrons. The van der Waals surface area contributed by atoms with Crippen LogP contribution in [0.2, 0.25) is 0 Å². The highest BCUT2D eigenvalue weighted by Crippen LogP contribution is 2.25. The van der Waals surface area contributed by atoms with Crippen LogP contribution >= 0.6 is 23.5 Å². The van der Waals surface area contributed by atoms with Gasteiger partial charge in [-0.25, -0.2) is 4.98 Å². The molecule has 0 bridgehead atoms. The van der Waals surface area contributed by atoms with Gasteiger partial charge in [0.25, 0.3) is 5.56 Å². The summed E-state index contributed by atoms with van der Waals surface area (Å²) in [5.74, 6) is 5.14. The van der Waals surface area contributed by atoms with E-state index >= 15 is 0 Å². The SMILES string of the molecule is CC(C)CSCc1nc2c(c(=O)[nH]1)CSC2. The Balaban J connectivity index is 2.06. The highest BCUT2D eigenvalue weighted by atomic mass is 32.2. The van der Waals surface area contributed by atoms with Crippen LogP contribution in [0.4, 0.5) is 0 Å². The second kappa shape index (κ2) is 5.27. The quantitative estimate of drug-likeness (QED) is 0.898. The van der Waals surface area contributed by atoms with Gasteiger partial charge in [-0.1, -0.05) is 13.8 Å². The van der Waals surface area contributed by atoms with E-state index in [1.54, 1.807) is 11.8 Å². The third kappa shape index (κ3) is 2.83. The molecular weight excluding hydrogens is 240 g/mol. The summed E-state index contributed by atoms with van der Waals surface area (Å²) in [4.78, 5) is 19.1. The summed E-state index contributed by atoms with van der Waals surface area (Å²) in [5.41, 5.74) is 1.94. The van der Waals surface area contributed by atoms with E-state index in [4.69, 9.17) is 0 Å². The first-order valence-electron chi connectivity index (χ1n) is 5.43. The molecule has 0 radical (unpaired) electrons. The van der Waals surface area contributed by atoms with Crippen molar-refractivity contribution in [3.05, 3.63) is 27.4 Å². The Bertz CT molecular complexity index is 428. The van der Waals surface area contributed by atoms with E-state index in [1.807, 2.05) is 11.8 Å². The molecule has 2 rings (SSSR count). The molecule has 0 unspecified atom stereocenters. The summed E-state index contributed by atoms with van der Waals surface area (Å²) in [6, 6.07) is 0. The Morgan fingerprint density at radius 3 is 3.06 bits per heavy atom. The van der Waals surface area contributed by atoms with Crippen molar-refractivity contribution in [1.29, 1.82) is 0 Å². The normalized spacial score (nSPS) is 14.4. The number of nitrogens with one attached hydrogen (secondary N) is 1. The zero-order valence-electron chi connectivity index (χ0n) is 9.58.